The topological polar surface area (TPSA) is 46.6 Å². The molecule has 1 amide bonds. The molecule has 0 aromatic heterocycles. The predicted octanol–water partition coefficient (Wildman–Crippen LogP) is 3.77. The first-order valence-electron chi connectivity index (χ1n) is 8.87. The minimum absolute atomic E-state index is 0.0805. The van der Waals surface area contributed by atoms with Crippen LogP contribution in [0.1, 0.15) is 50.0 Å². The van der Waals surface area contributed by atoms with E-state index in [1.165, 1.54) is 0 Å². The summed E-state index contributed by atoms with van der Waals surface area (Å²) in [6, 6.07) is 9.54. The fourth-order valence-corrected chi connectivity index (χ4v) is 4.53. The second-order valence-electron chi connectivity index (χ2n) is 6.51. The van der Waals surface area contributed by atoms with Gasteiger partial charge in [0.1, 0.15) is 11.4 Å². The fourth-order valence-electron chi connectivity index (χ4n) is 3.11. The third kappa shape index (κ3) is 3.61. The van der Waals surface area contributed by atoms with Crippen LogP contribution < -0.4 is 0 Å². The van der Waals surface area contributed by atoms with E-state index in [2.05, 4.69) is 6.92 Å². The fraction of sp³-hybridized carbons (Fsp3) is 0.579. The molecule has 130 valence electrons. The van der Waals surface area contributed by atoms with Crippen LogP contribution in [0.15, 0.2) is 30.3 Å². The summed E-state index contributed by atoms with van der Waals surface area (Å²) in [6.45, 7) is 2.51. The quantitative estimate of drug-likeness (QED) is 0.580. The molecule has 1 saturated heterocycles. The molecule has 1 aliphatic carbocycles. The first-order valence-corrected chi connectivity index (χ1v) is 9.92. The summed E-state index contributed by atoms with van der Waals surface area (Å²) in [7, 11) is 0. The van der Waals surface area contributed by atoms with Crippen molar-refractivity contribution in [2.45, 2.75) is 50.4 Å². The minimum atomic E-state index is -0.454. The second kappa shape index (κ2) is 8.06. The van der Waals surface area contributed by atoms with Gasteiger partial charge in [-0.05, 0) is 24.8 Å². The summed E-state index contributed by atoms with van der Waals surface area (Å²) in [6.07, 6.45) is 4.85. The molecule has 1 saturated carbocycles. The van der Waals surface area contributed by atoms with E-state index in [9.17, 15) is 9.59 Å². The molecule has 0 N–H and O–H groups in total. The normalized spacial score (nSPS) is 23.8. The van der Waals surface area contributed by atoms with E-state index in [0.717, 1.165) is 37.7 Å². The van der Waals surface area contributed by atoms with Crippen LogP contribution in [-0.4, -0.2) is 35.2 Å². The Hall–Kier alpha value is -1.49. The van der Waals surface area contributed by atoms with Crippen molar-refractivity contribution < 1.29 is 14.3 Å². The Morgan fingerprint density at radius 3 is 2.62 bits per heavy atom. The van der Waals surface area contributed by atoms with E-state index in [-0.39, 0.29) is 23.2 Å². The first-order chi connectivity index (χ1) is 11.7. The molecular formula is C19H25NO3S. The Kier molecular flexibility index (Phi) is 5.82. The lowest BCUT2D eigenvalue weighted by Crippen LogP contribution is -2.47. The van der Waals surface area contributed by atoms with Crippen molar-refractivity contribution in [1.29, 1.82) is 0 Å². The maximum Gasteiger partial charge on any atom is 0.329 e. The average molecular weight is 347 g/mol. The summed E-state index contributed by atoms with van der Waals surface area (Å²) < 4.78 is 5.42. The van der Waals surface area contributed by atoms with Gasteiger partial charge < -0.3 is 9.64 Å². The van der Waals surface area contributed by atoms with Crippen molar-refractivity contribution >= 4 is 23.6 Å². The molecule has 5 heteroatoms. The zero-order valence-electron chi connectivity index (χ0n) is 14.1. The molecule has 4 nitrogen and oxygen atoms in total. The third-order valence-electron chi connectivity index (χ3n) is 4.81. The molecule has 0 radical (unpaired) electrons. The Morgan fingerprint density at radius 1 is 1.25 bits per heavy atom. The van der Waals surface area contributed by atoms with E-state index in [4.69, 9.17) is 4.74 Å². The van der Waals surface area contributed by atoms with Crippen LogP contribution in [0.4, 0.5) is 0 Å². The van der Waals surface area contributed by atoms with Crippen LogP contribution in [0.5, 0.6) is 0 Å². The van der Waals surface area contributed by atoms with Gasteiger partial charge in [0.25, 0.3) is 0 Å². The highest BCUT2D eigenvalue weighted by molar-refractivity contribution is 7.99. The molecule has 1 aromatic rings. The molecule has 2 aliphatic rings. The maximum absolute atomic E-state index is 13.0. The molecule has 1 aliphatic heterocycles. The second-order valence-corrected chi connectivity index (χ2v) is 7.62. The number of ether oxygens (including phenoxy) is 1. The highest BCUT2D eigenvalue weighted by Gasteiger charge is 2.45. The zero-order valence-corrected chi connectivity index (χ0v) is 15.0. The molecule has 2 atom stereocenters. The smallest absolute Gasteiger partial charge is 0.329 e. The van der Waals surface area contributed by atoms with Crippen molar-refractivity contribution in [3.63, 3.8) is 0 Å². The lowest BCUT2D eigenvalue weighted by atomic mass is 9.84. The average Bonchev–Trinajstić information content (AvgIpc) is 2.99. The van der Waals surface area contributed by atoms with Crippen LogP contribution in [0, 0.1) is 5.92 Å². The summed E-state index contributed by atoms with van der Waals surface area (Å²) in [4.78, 5) is 27.3. The largest absolute Gasteiger partial charge is 0.464 e. The number of carbonyl (C=O) groups excluding carboxylic acids is 2. The number of rotatable bonds is 6. The predicted molar refractivity (Wildman–Crippen MR) is 95.5 cm³/mol. The van der Waals surface area contributed by atoms with Gasteiger partial charge in [-0.1, -0.05) is 50.1 Å². The molecule has 2 unspecified atom stereocenters. The van der Waals surface area contributed by atoms with Gasteiger partial charge in [-0.3, -0.25) is 4.79 Å². The van der Waals surface area contributed by atoms with Crippen LogP contribution in [0.3, 0.4) is 0 Å². The van der Waals surface area contributed by atoms with Crippen LogP contribution >= 0.6 is 11.8 Å². The monoisotopic (exact) mass is 347 g/mol. The van der Waals surface area contributed by atoms with Gasteiger partial charge in [0.15, 0.2) is 0 Å². The third-order valence-corrected chi connectivity index (χ3v) is 6.13. The molecule has 1 aromatic carbocycles. The molecular weight excluding hydrogens is 322 g/mol. The standard InChI is InChI=1S/C19H25NO3S/c1-2-3-12-23-19(22)16-13-24-18(15-8-5-4-6-9-15)20(16)17(21)14-10-7-11-14/h4-6,8-9,14,16,18H,2-3,7,10-13H2,1H3. The molecule has 3 rings (SSSR count). The Labute approximate surface area is 147 Å². The number of nitrogens with zero attached hydrogens (tertiary/aromatic N) is 1. The molecule has 0 spiro atoms. The summed E-state index contributed by atoms with van der Waals surface area (Å²) >= 11 is 1.66. The lowest BCUT2D eigenvalue weighted by molar-refractivity contribution is -0.156. The van der Waals surface area contributed by atoms with Crippen molar-refractivity contribution in [3.8, 4) is 0 Å². The van der Waals surface area contributed by atoms with E-state index >= 15 is 0 Å². The first kappa shape index (κ1) is 17.3. The van der Waals surface area contributed by atoms with Crippen LogP contribution in [0.25, 0.3) is 0 Å². The van der Waals surface area contributed by atoms with Gasteiger partial charge in [-0.25, -0.2) is 4.79 Å². The number of hydrogen-bond acceptors (Lipinski definition) is 4. The molecule has 24 heavy (non-hydrogen) atoms. The van der Waals surface area contributed by atoms with Crippen molar-refractivity contribution in [2.75, 3.05) is 12.4 Å². The number of thioether (sulfide) groups is 1. The van der Waals surface area contributed by atoms with Crippen molar-refractivity contribution in [2.24, 2.45) is 5.92 Å². The number of hydrogen-bond donors (Lipinski definition) is 0. The van der Waals surface area contributed by atoms with Crippen molar-refractivity contribution in [1.82, 2.24) is 4.90 Å². The minimum Gasteiger partial charge on any atom is -0.464 e. The van der Waals surface area contributed by atoms with Crippen LogP contribution in [0.2, 0.25) is 0 Å². The number of unbranched alkanes of at least 4 members (excludes halogenated alkanes) is 1. The van der Waals surface area contributed by atoms with Gasteiger partial charge in [-0.15, -0.1) is 11.8 Å². The SMILES string of the molecule is CCCCOC(=O)C1CSC(c2ccccc2)N1C(=O)C1CCC1. The maximum atomic E-state index is 13.0. The number of carbonyl (C=O) groups is 2. The lowest BCUT2D eigenvalue weighted by Gasteiger charge is -2.35. The molecule has 2 fully saturated rings. The van der Waals surface area contributed by atoms with Gasteiger partial charge >= 0.3 is 5.97 Å². The Balaban J connectivity index is 1.77. The van der Waals surface area contributed by atoms with E-state index < -0.39 is 6.04 Å². The summed E-state index contributed by atoms with van der Waals surface area (Å²) in [5.74, 6) is 0.573. The number of esters is 1. The number of benzene rings is 1. The highest BCUT2D eigenvalue weighted by atomic mass is 32.2. The zero-order chi connectivity index (χ0) is 16.9. The van der Waals surface area contributed by atoms with E-state index in [0.29, 0.717) is 12.4 Å². The Bertz CT molecular complexity index is 573. The van der Waals surface area contributed by atoms with Gasteiger partial charge in [0, 0.05) is 11.7 Å². The summed E-state index contributed by atoms with van der Waals surface area (Å²) in [5.41, 5.74) is 1.08. The van der Waals surface area contributed by atoms with Crippen LogP contribution in [-0.2, 0) is 14.3 Å². The van der Waals surface area contributed by atoms with Gasteiger partial charge in [0.2, 0.25) is 5.91 Å². The highest BCUT2D eigenvalue weighted by Crippen LogP contribution is 2.44. The van der Waals surface area contributed by atoms with E-state index in [1.807, 2.05) is 30.3 Å². The summed E-state index contributed by atoms with van der Waals surface area (Å²) in [5, 5.41) is -0.0805. The van der Waals surface area contributed by atoms with Crippen molar-refractivity contribution in [3.05, 3.63) is 35.9 Å². The number of amides is 1. The van der Waals surface area contributed by atoms with E-state index in [1.54, 1.807) is 16.7 Å². The van der Waals surface area contributed by atoms with Gasteiger partial charge in [-0.2, -0.15) is 0 Å². The molecule has 1 heterocycles. The Morgan fingerprint density at radius 2 is 2.00 bits per heavy atom. The van der Waals surface area contributed by atoms with Gasteiger partial charge in [0.05, 0.1) is 6.61 Å². The molecule has 0 bridgehead atoms.